The van der Waals surface area contributed by atoms with E-state index in [1.807, 2.05) is 5.32 Å². The number of carbonyl (C=O) groups is 2. The Hall–Kier alpha value is -1.49. The highest BCUT2D eigenvalue weighted by Gasteiger charge is 2.05. The highest BCUT2D eigenvalue weighted by atomic mass is 35.5. The van der Waals surface area contributed by atoms with Crippen LogP contribution in [0.3, 0.4) is 0 Å². The van der Waals surface area contributed by atoms with Crippen LogP contribution in [0.1, 0.15) is 5.76 Å². The molecule has 1 heterocycles. The number of hydrogen-bond donors (Lipinski definition) is 2. The van der Waals surface area contributed by atoms with Crippen molar-refractivity contribution >= 4 is 23.5 Å². The second-order valence-corrected chi connectivity index (χ2v) is 2.71. The summed E-state index contributed by atoms with van der Waals surface area (Å²) in [7, 11) is 0. The molecule has 0 aliphatic heterocycles. The van der Waals surface area contributed by atoms with E-state index >= 15 is 0 Å². The number of halogens is 1. The maximum absolute atomic E-state index is 11.0. The van der Waals surface area contributed by atoms with E-state index in [-0.39, 0.29) is 12.4 Å². The molecule has 0 aliphatic rings. The van der Waals surface area contributed by atoms with Crippen molar-refractivity contribution in [1.82, 2.24) is 10.6 Å². The Bertz CT molecular complexity index is 310. The summed E-state index contributed by atoms with van der Waals surface area (Å²) in [6.45, 7) is 0.231. The van der Waals surface area contributed by atoms with Gasteiger partial charge in [0.15, 0.2) is 0 Å². The van der Waals surface area contributed by atoms with Gasteiger partial charge in [-0.05, 0) is 12.1 Å². The smallest absolute Gasteiger partial charge is 0.321 e. The number of urea groups is 1. The largest absolute Gasteiger partial charge is 0.467 e. The van der Waals surface area contributed by atoms with Gasteiger partial charge in [0, 0.05) is 0 Å². The van der Waals surface area contributed by atoms with E-state index in [1.54, 1.807) is 12.1 Å². The standard InChI is InChI=1S/C8H9ClN2O3/c9-4-7(12)11-8(13)10-5-6-2-1-3-14-6/h1-3H,4-5H2,(H2,10,11,12,13). The van der Waals surface area contributed by atoms with E-state index in [0.717, 1.165) is 0 Å². The van der Waals surface area contributed by atoms with Gasteiger partial charge in [0.2, 0.25) is 5.91 Å². The predicted molar refractivity (Wildman–Crippen MR) is 49.8 cm³/mol. The van der Waals surface area contributed by atoms with E-state index in [9.17, 15) is 9.59 Å². The lowest BCUT2D eigenvalue weighted by Gasteiger charge is -2.02. The van der Waals surface area contributed by atoms with Crippen LogP contribution >= 0.6 is 11.6 Å². The van der Waals surface area contributed by atoms with Gasteiger partial charge in [0.05, 0.1) is 12.8 Å². The lowest BCUT2D eigenvalue weighted by atomic mass is 10.4. The van der Waals surface area contributed by atoms with Crippen LogP contribution in [0.5, 0.6) is 0 Å². The normalized spacial score (nSPS) is 9.50. The van der Waals surface area contributed by atoms with Gasteiger partial charge in [-0.25, -0.2) is 4.79 Å². The molecule has 6 heteroatoms. The Balaban J connectivity index is 2.25. The Labute approximate surface area is 85.4 Å². The molecule has 76 valence electrons. The second kappa shape index (κ2) is 5.29. The average molecular weight is 217 g/mol. The van der Waals surface area contributed by atoms with E-state index in [2.05, 4.69) is 5.32 Å². The number of furan rings is 1. The van der Waals surface area contributed by atoms with Gasteiger partial charge in [-0.2, -0.15) is 0 Å². The van der Waals surface area contributed by atoms with Crippen LogP contribution in [-0.4, -0.2) is 17.8 Å². The summed E-state index contributed by atoms with van der Waals surface area (Å²) in [5.74, 6) is -0.171. The van der Waals surface area contributed by atoms with Crippen LogP contribution in [0.2, 0.25) is 0 Å². The third-order valence-electron chi connectivity index (χ3n) is 1.38. The molecule has 0 bridgehead atoms. The molecule has 0 aliphatic carbocycles. The molecule has 0 aromatic carbocycles. The quantitative estimate of drug-likeness (QED) is 0.736. The first-order valence-corrected chi connectivity index (χ1v) is 4.42. The highest BCUT2D eigenvalue weighted by molar-refractivity contribution is 6.28. The van der Waals surface area contributed by atoms with Crippen LogP contribution in [-0.2, 0) is 11.3 Å². The average Bonchev–Trinajstić information content (AvgIpc) is 2.67. The maximum atomic E-state index is 11.0. The molecular weight excluding hydrogens is 208 g/mol. The summed E-state index contributed by atoms with van der Waals surface area (Å²) in [6.07, 6.45) is 1.50. The molecule has 0 saturated carbocycles. The molecular formula is C8H9ClN2O3. The number of imide groups is 1. The highest BCUT2D eigenvalue weighted by Crippen LogP contribution is 1.97. The molecule has 0 atom stereocenters. The fraction of sp³-hybridized carbons (Fsp3) is 0.250. The number of hydrogen-bond acceptors (Lipinski definition) is 3. The van der Waals surface area contributed by atoms with Gasteiger partial charge in [0.25, 0.3) is 0 Å². The summed E-state index contributed by atoms with van der Waals surface area (Å²) in [5.41, 5.74) is 0. The van der Waals surface area contributed by atoms with Crippen molar-refractivity contribution < 1.29 is 14.0 Å². The SMILES string of the molecule is O=C(CCl)NC(=O)NCc1ccco1. The van der Waals surface area contributed by atoms with E-state index in [1.165, 1.54) is 6.26 Å². The molecule has 14 heavy (non-hydrogen) atoms. The molecule has 0 saturated heterocycles. The summed E-state index contributed by atoms with van der Waals surface area (Å²) in [4.78, 5) is 21.6. The molecule has 3 amide bonds. The Morgan fingerprint density at radius 1 is 1.50 bits per heavy atom. The number of rotatable bonds is 3. The lowest BCUT2D eigenvalue weighted by Crippen LogP contribution is -2.39. The molecule has 2 N–H and O–H groups in total. The van der Waals surface area contributed by atoms with Gasteiger partial charge in [-0.3, -0.25) is 10.1 Å². The number of alkyl halides is 1. The second-order valence-electron chi connectivity index (χ2n) is 2.44. The molecule has 1 aromatic rings. The van der Waals surface area contributed by atoms with Crippen molar-refractivity contribution in [3.8, 4) is 0 Å². The Morgan fingerprint density at radius 2 is 2.29 bits per heavy atom. The molecule has 1 aromatic heterocycles. The van der Waals surface area contributed by atoms with Crippen LogP contribution < -0.4 is 10.6 Å². The topological polar surface area (TPSA) is 71.3 Å². The van der Waals surface area contributed by atoms with Crippen molar-refractivity contribution in [1.29, 1.82) is 0 Å². The predicted octanol–water partition coefficient (Wildman–Crippen LogP) is 0.844. The summed E-state index contributed by atoms with van der Waals surface area (Å²) in [5, 5.41) is 4.46. The zero-order valence-electron chi connectivity index (χ0n) is 7.25. The fourth-order valence-electron chi connectivity index (χ4n) is 0.785. The lowest BCUT2D eigenvalue weighted by molar-refractivity contribution is -0.117. The first-order valence-electron chi connectivity index (χ1n) is 3.88. The molecule has 0 fully saturated rings. The number of carbonyl (C=O) groups excluding carboxylic acids is 2. The minimum Gasteiger partial charge on any atom is -0.467 e. The molecule has 1 rings (SSSR count). The van der Waals surface area contributed by atoms with Crippen LogP contribution in [0.15, 0.2) is 22.8 Å². The summed E-state index contributed by atoms with van der Waals surface area (Å²) in [6, 6.07) is 2.83. The van der Waals surface area contributed by atoms with E-state index in [0.29, 0.717) is 5.76 Å². The molecule has 0 unspecified atom stereocenters. The molecule has 0 spiro atoms. The van der Waals surface area contributed by atoms with Crippen LogP contribution in [0.25, 0.3) is 0 Å². The minimum absolute atomic E-state index is 0.231. The first kappa shape index (κ1) is 10.6. The third-order valence-corrected chi connectivity index (χ3v) is 1.62. The first-order chi connectivity index (χ1) is 6.72. The van der Waals surface area contributed by atoms with Gasteiger partial charge in [0.1, 0.15) is 11.6 Å². The van der Waals surface area contributed by atoms with Crippen molar-refractivity contribution in [3.05, 3.63) is 24.2 Å². The number of amides is 3. The fourth-order valence-corrected chi connectivity index (χ4v) is 0.852. The van der Waals surface area contributed by atoms with Gasteiger partial charge < -0.3 is 9.73 Å². The van der Waals surface area contributed by atoms with E-state index < -0.39 is 11.9 Å². The zero-order valence-corrected chi connectivity index (χ0v) is 8.00. The summed E-state index contributed by atoms with van der Waals surface area (Å²) < 4.78 is 4.96. The Morgan fingerprint density at radius 3 is 2.86 bits per heavy atom. The monoisotopic (exact) mass is 216 g/mol. The van der Waals surface area contributed by atoms with Gasteiger partial charge >= 0.3 is 6.03 Å². The summed E-state index contributed by atoms with van der Waals surface area (Å²) >= 11 is 5.19. The van der Waals surface area contributed by atoms with Crippen LogP contribution in [0.4, 0.5) is 4.79 Å². The van der Waals surface area contributed by atoms with Crippen molar-refractivity contribution in [2.24, 2.45) is 0 Å². The zero-order chi connectivity index (χ0) is 10.4. The number of nitrogens with one attached hydrogen (secondary N) is 2. The van der Waals surface area contributed by atoms with Crippen molar-refractivity contribution in [2.45, 2.75) is 6.54 Å². The molecule has 5 nitrogen and oxygen atoms in total. The third kappa shape index (κ3) is 3.49. The maximum Gasteiger partial charge on any atom is 0.321 e. The van der Waals surface area contributed by atoms with Crippen molar-refractivity contribution in [2.75, 3.05) is 5.88 Å². The van der Waals surface area contributed by atoms with E-state index in [4.69, 9.17) is 16.0 Å². The van der Waals surface area contributed by atoms with Crippen LogP contribution in [0, 0.1) is 0 Å². The van der Waals surface area contributed by atoms with Crippen molar-refractivity contribution in [3.63, 3.8) is 0 Å². The Kier molecular flexibility index (Phi) is 4.00. The van der Waals surface area contributed by atoms with Gasteiger partial charge in [-0.1, -0.05) is 0 Å². The molecule has 0 radical (unpaired) electrons. The minimum atomic E-state index is -0.591. The van der Waals surface area contributed by atoms with Gasteiger partial charge in [-0.15, -0.1) is 11.6 Å².